The van der Waals surface area contributed by atoms with Crippen molar-refractivity contribution in [2.45, 2.75) is 57.6 Å². The first-order chi connectivity index (χ1) is 13.5. The molecule has 0 aromatic rings. The average Bonchev–Trinajstić information content (AvgIpc) is 3.19. The van der Waals surface area contributed by atoms with E-state index in [1.165, 1.54) is 9.21 Å². The van der Waals surface area contributed by atoms with Gasteiger partial charge in [0.2, 0.25) is 10.0 Å². The van der Waals surface area contributed by atoms with Crippen LogP contribution in [0, 0.1) is 5.92 Å². The molecule has 3 amide bonds. The van der Waals surface area contributed by atoms with Gasteiger partial charge in [0.05, 0.1) is 24.0 Å². The molecule has 164 valence electrons. The molecule has 10 nitrogen and oxygen atoms in total. The molecule has 3 aliphatic rings. The van der Waals surface area contributed by atoms with Crippen molar-refractivity contribution in [1.29, 1.82) is 0 Å². The third-order valence-electron chi connectivity index (χ3n) is 5.79. The Kier molecular flexibility index (Phi) is 6.21. The zero-order chi connectivity index (χ0) is 21.4. The molecule has 0 bridgehead atoms. The second kappa shape index (κ2) is 8.19. The summed E-state index contributed by atoms with van der Waals surface area (Å²) in [6, 6.07) is -0.225. The molecule has 0 saturated carbocycles. The highest BCUT2D eigenvalue weighted by Crippen LogP contribution is 2.38. The average molecular weight is 432 g/mol. The zero-order valence-electron chi connectivity index (χ0n) is 17.1. The first kappa shape index (κ1) is 22.0. The molecule has 0 aliphatic carbocycles. The van der Waals surface area contributed by atoms with Crippen LogP contribution in [-0.2, 0) is 29.2 Å². The number of amides is 3. The molecule has 1 unspecified atom stereocenters. The van der Waals surface area contributed by atoms with Gasteiger partial charge in [0, 0.05) is 33.0 Å². The van der Waals surface area contributed by atoms with E-state index in [4.69, 9.17) is 9.57 Å². The summed E-state index contributed by atoms with van der Waals surface area (Å²) < 4.78 is 32.4. The summed E-state index contributed by atoms with van der Waals surface area (Å²) in [5.74, 6) is -0.878. The monoisotopic (exact) mass is 431 g/mol. The van der Waals surface area contributed by atoms with Crippen LogP contribution >= 0.6 is 0 Å². The first-order valence-electron chi connectivity index (χ1n) is 9.95. The molecule has 29 heavy (non-hydrogen) atoms. The number of carbonyl (C=O) groups is 3. The standard InChI is InChI=1S/C18H29N3O7S/c1-13(2)12-29(25,26)19(3)14-10-18(27-11-14)6-8-20(9-7-18)17(24)28-21-15(22)4-5-16(21)23/h13-14H,4-12H2,1-3H3. The van der Waals surface area contributed by atoms with E-state index in [1.807, 2.05) is 13.8 Å². The topological polar surface area (TPSA) is 114 Å². The smallest absolute Gasteiger partial charge is 0.373 e. The van der Waals surface area contributed by atoms with Crippen LogP contribution in [-0.4, -0.2) is 84.7 Å². The van der Waals surface area contributed by atoms with Crippen LogP contribution in [0.4, 0.5) is 4.79 Å². The van der Waals surface area contributed by atoms with Gasteiger partial charge >= 0.3 is 6.09 Å². The fraction of sp³-hybridized carbons (Fsp3) is 0.833. The Labute approximate surface area is 171 Å². The number of carbonyl (C=O) groups excluding carboxylic acids is 3. The molecule has 1 atom stereocenters. The molecular weight excluding hydrogens is 402 g/mol. The number of piperidine rings is 1. The Morgan fingerprint density at radius 3 is 2.38 bits per heavy atom. The van der Waals surface area contributed by atoms with Gasteiger partial charge in [-0.2, -0.15) is 4.31 Å². The van der Waals surface area contributed by atoms with Crippen molar-refractivity contribution < 1.29 is 32.4 Å². The number of ether oxygens (including phenoxy) is 1. The summed E-state index contributed by atoms with van der Waals surface area (Å²) in [7, 11) is -1.75. The van der Waals surface area contributed by atoms with Gasteiger partial charge in [0.15, 0.2) is 0 Å². The fourth-order valence-electron chi connectivity index (χ4n) is 4.06. The largest absolute Gasteiger partial charge is 0.434 e. The molecule has 3 rings (SSSR count). The minimum absolute atomic E-state index is 0.0438. The Balaban J connectivity index is 1.53. The van der Waals surface area contributed by atoms with Crippen LogP contribution in [0.5, 0.6) is 0 Å². The number of hydrogen-bond acceptors (Lipinski definition) is 7. The van der Waals surface area contributed by atoms with E-state index < -0.39 is 33.5 Å². The SMILES string of the molecule is CC(C)CS(=O)(=O)N(C)C1COC2(CCN(C(=O)ON3C(=O)CCC3=O)CC2)C1. The second-order valence-corrected chi connectivity index (χ2v) is 10.5. The molecule has 0 aromatic carbocycles. The maximum Gasteiger partial charge on any atom is 0.434 e. The minimum Gasteiger partial charge on any atom is -0.373 e. The summed E-state index contributed by atoms with van der Waals surface area (Å²) in [6.45, 7) is 4.77. The summed E-state index contributed by atoms with van der Waals surface area (Å²) >= 11 is 0. The summed E-state index contributed by atoms with van der Waals surface area (Å²) in [5.41, 5.74) is -0.470. The van der Waals surface area contributed by atoms with E-state index in [0.29, 0.717) is 44.0 Å². The van der Waals surface area contributed by atoms with E-state index in [0.717, 1.165) is 0 Å². The Hall–Kier alpha value is -1.72. The molecule has 0 radical (unpaired) electrons. The molecule has 1 spiro atoms. The van der Waals surface area contributed by atoms with Gasteiger partial charge in [0.25, 0.3) is 11.8 Å². The molecule has 3 aliphatic heterocycles. The Morgan fingerprint density at radius 2 is 1.83 bits per heavy atom. The lowest BCUT2D eigenvalue weighted by molar-refractivity contribution is -0.174. The second-order valence-electron chi connectivity index (χ2n) is 8.47. The van der Waals surface area contributed by atoms with Crippen LogP contribution < -0.4 is 0 Å². The van der Waals surface area contributed by atoms with Crippen LogP contribution in [0.25, 0.3) is 0 Å². The number of rotatable bonds is 5. The number of sulfonamides is 1. The van der Waals surface area contributed by atoms with Gasteiger partial charge in [-0.25, -0.2) is 13.2 Å². The van der Waals surface area contributed by atoms with Crippen LogP contribution in [0.2, 0.25) is 0 Å². The highest BCUT2D eigenvalue weighted by Gasteiger charge is 2.47. The maximum atomic E-state index is 12.5. The zero-order valence-corrected chi connectivity index (χ0v) is 17.9. The number of hydroxylamine groups is 2. The van der Waals surface area contributed by atoms with Crippen molar-refractivity contribution in [2.24, 2.45) is 5.92 Å². The minimum atomic E-state index is -3.35. The predicted octanol–water partition coefficient (Wildman–Crippen LogP) is 0.728. The van der Waals surface area contributed by atoms with E-state index in [-0.39, 0.29) is 30.6 Å². The van der Waals surface area contributed by atoms with E-state index >= 15 is 0 Å². The van der Waals surface area contributed by atoms with Crippen molar-refractivity contribution in [3.05, 3.63) is 0 Å². The van der Waals surface area contributed by atoms with Gasteiger partial charge in [-0.3, -0.25) is 9.59 Å². The number of hydrogen-bond donors (Lipinski definition) is 0. The molecule has 0 N–H and O–H groups in total. The highest BCUT2D eigenvalue weighted by molar-refractivity contribution is 7.89. The predicted molar refractivity (Wildman–Crippen MR) is 102 cm³/mol. The van der Waals surface area contributed by atoms with Gasteiger partial charge in [0.1, 0.15) is 0 Å². The third-order valence-corrected chi connectivity index (χ3v) is 8.06. The third kappa shape index (κ3) is 4.72. The van der Waals surface area contributed by atoms with Gasteiger partial charge < -0.3 is 14.5 Å². The van der Waals surface area contributed by atoms with Gasteiger partial charge in [-0.05, 0) is 25.2 Å². The first-order valence-corrected chi connectivity index (χ1v) is 11.6. The number of likely N-dealkylation sites (N-methyl/N-ethyl adjacent to an activating group) is 1. The van der Waals surface area contributed by atoms with E-state index in [2.05, 4.69) is 0 Å². The van der Waals surface area contributed by atoms with Crippen molar-refractivity contribution in [3.63, 3.8) is 0 Å². The van der Waals surface area contributed by atoms with Gasteiger partial charge in [-0.15, -0.1) is 5.06 Å². The number of likely N-dealkylation sites (tertiary alicyclic amines) is 1. The van der Waals surface area contributed by atoms with Crippen LogP contribution in [0.15, 0.2) is 0 Å². The molecule has 3 saturated heterocycles. The fourth-order valence-corrected chi connectivity index (χ4v) is 5.73. The number of nitrogens with zero attached hydrogens (tertiary/aromatic N) is 3. The lowest BCUT2D eigenvalue weighted by Gasteiger charge is -2.38. The summed E-state index contributed by atoms with van der Waals surface area (Å²) in [4.78, 5) is 41.9. The number of imide groups is 1. The van der Waals surface area contributed by atoms with E-state index in [1.54, 1.807) is 7.05 Å². The van der Waals surface area contributed by atoms with Crippen molar-refractivity contribution in [2.75, 3.05) is 32.5 Å². The molecule has 0 aromatic heterocycles. The Bertz CT molecular complexity index is 758. The van der Waals surface area contributed by atoms with Crippen LogP contribution in [0.3, 0.4) is 0 Å². The molecule has 3 heterocycles. The molecular formula is C18H29N3O7S. The molecule has 3 fully saturated rings. The summed E-state index contributed by atoms with van der Waals surface area (Å²) in [6.07, 6.45) is 1.04. The normalized spacial score (nSPS) is 24.9. The lowest BCUT2D eigenvalue weighted by atomic mass is 9.87. The van der Waals surface area contributed by atoms with Crippen molar-refractivity contribution in [3.8, 4) is 0 Å². The molecule has 11 heteroatoms. The van der Waals surface area contributed by atoms with Crippen molar-refractivity contribution >= 4 is 27.9 Å². The highest BCUT2D eigenvalue weighted by atomic mass is 32.2. The van der Waals surface area contributed by atoms with Crippen LogP contribution in [0.1, 0.15) is 46.0 Å². The quantitative estimate of drug-likeness (QED) is 0.590. The van der Waals surface area contributed by atoms with E-state index in [9.17, 15) is 22.8 Å². The maximum absolute atomic E-state index is 12.5. The van der Waals surface area contributed by atoms with Crippen molar-refractivity contribution in [1.82, 2.24) is 14.3 Å². The summed E-state index contributed by atoms with van der Waals surface area (Å²) in [5, 5.41) is 0.545. The Morgan fingerprint density at radius 1 is 1.24 bits per heavy atom. The van der Waals surface area contributed by atoms with Gasteiger partial charge in [-0.1, -0.05) is 13.8 Å². The lowest BCUT2D eigenvalue weighted by Crippen LogP contribution is -2.49.